The van der Waals surface area contributed by atoms with Crippen LogP contribution in [0.25, 0.3) is 0 Å². The van der Waals surface area contributed by atoms with Crippen LogP contribution in [-0.4, -0.2) is 48.2 Å². The Morgan fingerprint density at radius 2 is 1.74 bits per heavy atom. The van der Waals surface area contributed by atoms with E-state index in [0.29, 0.717) is 25.3 Å². The van der Waals surface area contributed by atoms with Gasteiger partial charge in [-0.05, 0) is 30.7 Å². The highest BCUT2D eigenvalue weighted by Crippen LogP contribution is 2.27. The number of carbonyl (C=O) groups is 4. The van der Waals surface area contributed by atoms with E-state index < -0.39 is 24.1 Å². The summed E-state index contributed by atoms with van der Waals surface area (Å²) in [7, 11) is 0. The van der Waals surface area contributed by atoms with Gasteiger partial charge >= 0.3 is 6.09 Å². The predicted octanol–water partition coefficient (Wildman–Crippen LogP) is 3.07. The fourth-order valence-corrected chi connectivity index (χ4v) is 4.87. The van der Waals surface area contributed by atoms with Crippen molar-refractivity contribution >= 4 is 35.3 Å². The van der Waals surface area contributed by atoms with Gasteiger partial charge in [-0.2, -0.15) is 0 Å². The second-order valence-electron chi connectivity index (χ2n) is 9.17. The van der Waals surface area contributed by atoms with Gasteiger partial charge in [0.2, 0.25) is 11.8 Å². The average Bonchev–Trinajstić information content (AvgIpc) is 3.26. The Bertz CT molecular complexity index is 844. The SMILES string of the molecule is O=C(N[C@@H](CC1CCCCC1)C(=O)N[C@@H](CC1CCNC1=O)C(=O)CCl)OCc1ccccc1. The molecule has 3 N–H and O–H groups in total. The number of rotatable bonds is 11. The third-order valence-electron chi connectivity index (χ3n) is 6.64. The topological polar surface area (TPSA) is 114 Å². The minimum atomic E-state index is -0.880. The van der Waals surface area contributed by atoms with Gasteiger partial charge < -0.3 is 20.7 Å². The number of amides is 3. The van der Waals surface area contributed by atoms with E-state index in [-0.39, 0.29) is 36.5 Å². The number of carbonyl (C=O) groups excluding carboxylic acids is 4. The number of ketones is 1. The van der Waals surface area contributed by atoms with Crippen LogP contribution in [0.5, 0.6) is 0 Å². The first-order chi connectivity index (χ1) is 16.5. The Balaban J connectivity index is 1.64. The lowest BCUT2D eigenvalue weighted by Gasteiger charge is -2.28. The highest BCUT2D eigenvalue weighted by Gasteiger charge is 2.33. The monoisotopic (exact) mass is 491 g/mol. The van der Waals surface area contributed by atoms with Gasteiger partial charge in [0.25, 0.3) is 0 Å². The molecule has 1 unspecified atom stereocenters. The number of hydrogen-bond acceptors (Lipinski definition) is 5. The number of Topliss-reactive ketones (excluding diaryl/α,β-unsaturated/α-hetero) is 1. The molecule has 1 saturated heterocycles. The minimum Gasteiger partial charge on any atom is -0.445 e. The fourth-order valence-electron chi connectivity index (χ4n) is 4.69. The smallest absolute Gasteiger partial charge is 0.408 e. The Kier molecular flexibility index (Phi) is 10.2. The van der Waals surface area contributed by atoms with Crippen molar-refractivity contribution in [1.82, 2.24) is 16.0 Å². The molecule has 1 heterocycles. The van der Waals surface area contributed by atoms with E-state index in [2.05, 4.69) is 16.0 Å². The molecule has 3 rings (SSSR count). The predicted molar refractivity (Wildman–Crippen MR) is 128 cm³/mol. The molecular formula is C25H34ClN3O5. The van der Waals surface area contributed by atoms with Gasteiger partial charge in [-0.15, -0.1) is 11.6 Å². The van der Waals surface area contributed by atoms with Crippen molar-refractivity contribution in [2.75, 3.05) is 12.4 Å². The quantitative estimate of drug-likeness (QED) is 0.412. The maximum Gasteiger partial charge on any atom is 0.408 e. The summed E-state index contributed by atoms with van der Waals surface area (Å²) < 4.78 is 5.32. The van der Waals surface area contributed by atoms with Crippen LogP contribution in [0.15, 0.2) is 30.3 Å². The molecule has 0 spiro atoms. The molecule has 0 aromatic heterocycles. The first-order valence-corrected chi connectivity index (χ1v) is 12.6. The normalized spacial score (nSPS) is 20.1. The van der Waals surface area contributed by atoms with E-state index in [0.717, 1.165) is 31.2 Å². The lowest BCUT2D eigenvalue weighted by Crippen LogP contribution is -2.53. The highest BCUT2D eigenvalue weighted by molar-refractivity contribution is 6.28. The van der Waals surface area contributed by atoms with Crippen molar-refractivity contribution < 1.29 is 23.9 Å². The van der Waals surface area contributed by atoms with Gasteiger partial charge in [0.15, 0.2) is 5.78 Å². The molecule has 8 nitrogen and oxygen atoms in total. The molecule has 1 saturated carbocycles. The number of alkyl carbamates (subject to hydrolysis) is 1. The van der Waals surface area contributed by atoms with Crippen LogP contribution in [0.3, 0.4) is 0 Å². The van der Waals surface area contributed by atoms with E-state index in [1.807, 2.05) is 30.3 Å². The summed E-state index contributed by atoms with van der Waals surface area (Å²) in [5, 5.41) is 8.21. The van der Waals surface area contributed by atoms with Crippen molar-refractivity contribution in [3.05, 3.63) is 35.9 Å². The Morgan fingerprint density at radius 1 is 1.00 bits per heavy atom. The first kappa shape index (κ1) is 26.0. The van der Waals surface area contributed by atoms with E-state index in [9.17, 15) is 19.2 Å². The molecule has 2 aliphatic rings. The van der Waals surface area contributed by atoms with Crippen LogP contribution in [0.4, 0.5) is 4.79 Å². The second kappa shape index (κ2) is 13.3. The van der Waals surface area contributed by atoms with Gasteiger partial charge in [-0.1, -0.05) is 62.4 Å². The van der Waals surface area contributed by atoms with Crippen molar-refractivity contribution in [2.45, 2.75) is 70.1 Å². The van der Waals surface area contributed by atoms with Crippen molar-refractivity contribution in [3.63, 3.8) is 0 Å². The second-order valence-corrected chi connectivity index (χ2v) is 9.44. The summed E-state index contributed by atoms with van der Waals surface area (Å²) in [6, 6.07) is 7.57. The Labute approximate surface area is 205 Å². The van der Waals surface area contributed by atoms with Crippen molar-refractivity contribution in [3.8, 4) is 0 Å². The number of alkyl halides is 1. The molecule has 0 radical (unpaired) electrons. The van der Waals surface area contributed by atoms with E-state index in [4.69, 9.17) is 16.3 Å². The van der Waals surface area contributed by atoms with Gasteiger partial charge in [0, 0.05) is 12.5 Å². The molecular weight excluding hydrogens is 458 g/mol. The molecule has 3 amide bonds. The zero-order chi connectivity index (χ0) is 24.3. The van der Waals surface area contributed by atoms with Crippen LogP contribution in [0.1, 0.15) is 56.9 Å². The Morgan fingerprint density at radius 3 is 2.38 bits per heavy atom. The molecule has 1 aliphatic heterocycles. The molecule has 186 valence electrons. The number of hydrogen-bond donors (Lipinski definition) is 3. The Hall–Kier alpha value is -2.61. The lowest BCUT2D eigenvalue weighted by atomic mass is 9.84. The number of nitrogens with one attached hydrogen (secondary N) is 3. The molecule has 1 aromatic rings. The van der Waals surface area contributed by atoms with Crippen LogP contribution in [0.2, 0.25) is 0 Å². The molecule has 9 heteroatoms. The average molecular weight is 492 g/mol. The summed E-state index contributed by atoms with van der Waals surface area (Å²) in [6.45, 7) is 0.646. The molecule has 1 aromatic carbocycles. The summed E-state index contributed by atoms with van der Waals surface area (Å²) in [5.41, 5.74) is 0.841. The summed E-state index contributed by atoms with van der Waals surface area (Å²) in [4.78, 5) is 50.2. The largest absolute Gasteiger partial charge is 0.445 e. The molecule has 2 fully saturated rings. The standard InChI is InChI=1S/C25H34ClN3O5/c26-15-22(30)20(14-19-11-12-27-23(19)31)28-24(32)21(13-17-7-3-1-4-8-17)29-25(33)34-16-18-9-5-2-6-10-18/h2,5-6,9-10,17,19-21H,1,3-4,7-8,11-16H2,(H,27,31)(H,28,32)(H,29,33)/t19?,20-,21-/m0/s1. The number of benzene rings is 1. The van der Waals surface area contributed by atoms with Crippen LogP contribution in [0, 0.1) is 11.8 Å². The van der Waals surface area contributed by atoms with Gasteiger partial charge in [0.05, 0.1) is 11.9 Å². The maximum absolute atomic E-state index is 13.2. The summed E-state index contributed by atoms with van der Waals surface area (Å²) in [6.07, 6.45) is 5.95. The third kappa shape index (κ3) is 8.01. The summed E-state index contributed by atoms with van der Waals surface area (Å²) >= 11 is 5.78. The zero-order valence-electron chi connectivity index (χ0n) is 19.4. The minimum absolute atomic E-state index is 0.0919. The van der Waals surface area contributed by atoms with Gasteiger partial charge in [-0.3, -0.25) is 14.4 Å². The van der Waals surface area contributed by atoms with Crippen LogP contribution >= 0.6 is 11.6 Å². The zero-order valence-corrected chi connectivity index (χ0v) is 20.1. The van der Waals surface area contributed by atoms with Crippen molar-refractivity contribution in [2.24, 2.45) is 11.8 Å². The fraction of sp³-hybridized carbons (Fsp3) is 0.600. The summed E-state index contributed by atoms with van der Waals surface area (Å²) in [5.74, 6) is -1.23. The molecule has 34 heavy (non-hydrogen) atoms. The van der Waals surface area contributed by atoms with Gasteiger partial charge in [-0.25, -0.2) is 4.79 Å². The molecule has 0 bridgehead atoms. The molecule has 3 atom stereocenters. The first-order valence-electron chi connectivity index (χ1n) is 12.1. The highest BCUT2D eigenvalue weighted by atomic mass is 35.5. The van der Waals surface area contributed by atoms with Crippen molar-refractivity contribution in [1.29, 1.82) is 0 Å². The van der Waals surface area contributed by atoms with E-state index >= 15 is 0 Å². The van der Waals surface area contributed by atoms with Gasteiger partial charge in [0.1, 0.15) is 12.6 Å². The molecule has 1 aliphatic carbocycles. The maximum atomic E-state index is 13.2. The van der Waals surface area contributed by atoms with Crippen LogP contribution in [-0.2, 0) is 25.7 Å². The lowest BCUT2D eigenvalue weighted by molar-refractivity contribution is -0.129. The number of ether oxygens (including phenoxy) is 1. The van der Waals surface area contributed by atoms with E-state index in [1.165, 1.54) is 6.42 Å². The third-order valence-corrected chi connectivity index (χ3v) is 6.90. The van der Waals surface area contributed by atoms with E-state index in [1.54, 1.807) is 0 Å². The number of halogens is 1. The van der Waals surface area contributed by atoms with Crippen LogP contribution < -0.4 is 16.0 Å².